The molecule has 4 N–H and O–H groups in total. The number of hydrogen-bond acceptors (Lipinski definition) is 7. The molecule has 1 amide bonds. The van der Waals surface area contributed by atoms with Gasteiger partial charge >= 0.3 is 0 Å². The van der Waals surface area contributed by atoms with Crippen molar-refractivity contribution >= 4 is 32.7 Å². The minimum absolute atomic E-state index is 0.00110. The quantitative estimate of drug-likeness (QED) is 0.488. The molecule has 3 heterocycles. The molecule has 0 bridgehead atoms. The number of sulfonamides is 1. The lowest BCUT2D eigenvalue weighted by Crippen LogP contribution is -2.30. The van der Waals surface area contributed by atoms with Crippen molar-refractivity contribution in [1.29, 1.82) is 0 Å². The van der Waals surface area contributed by atoms with Crippen LogP contribution < -0.4 is 15.8 Å². The second-order valence-electron chi connectivity index (χ2n) is 7.65. The van der Waals surface area contributed by atoms with Crippen molar-refractivity contribution in [2.75, 3.05) is 18.5 Å². The van der Waals surface area contributed by atoms with Crippen LogP contribution in [0.5, 0.6) is 0 Å². The predicted octanol–water partition coefficient (Wildman–Crippen LogP) is 1.62. The van der Waals surface area contributed by atoms with Gasteiger partial charge in [0.25, 0.3) is 5.91 Å². The molecule has 4 rings (SSSR count). The van der Waals surface area contributed by atoms with Crippen molar-refractivity contribution in [2.24, 2.45) is 5.14 Å². The molecule has 0 atom stereocenters. The van der Waals surface area contributed by atoms with E-state index in [0.29, 0.717) is 42.2 Å². The van der Waals surface area contributed by atoms with Gasteiger partial charge in [-0.3, -0.25) is 4.79 Å². The monoisotopic (exact) mass is 458 g/mol. The zero-order valence-corrected chi connectivity index (χ0v) is 18.6. The van der Waals surface area contributed by atoms with Gasteiger partial charge in [-0.2, -0.15) is 5.10 Å². The number of aryl methyl sites for hydroxylation is 1. The summed E-state index contributed by atoms with van der Waals surface area (Å²) in [5.74, 6) is -0.320. The molecule has 3 aromatic rings. The Hall–Kier alpha value is -3.02. The van der Waals surface area contributed by atoms with Crippen LogP contribution in [0.2, 0.25) is 0 Å². The van der Waals surface area contributed by atoms with Crippen molar-refractivity contribution < 1.29 is 17.9 Å². The molecule has 2 aromatic heterocycles. The molecule has 11 heteroatoms. The van der Waals surface area contributed by atoms with Crippen LogP contribution in [0.4, 0.5) is 5.69 Å². The molecular formula is C21H26N6O4S. The Kier molecular flexibility index (Phi) is 6.40. The second-order valence-corrected chi connectivity index (χ2v) is 9.21. The SMILES string of the molecule is CCn1ncc2c(NC3CCOCC3)c(C(=O)NCc3cccc(S(N)(=O)=O)c3)cnc21. The lowest BCUT2D eigenvalue weighted by molar-refractivity contribution is 0.0904. The molecule has 1 aliphatic rings. The van der Waals surface area contributed by atoms with Crippen LogP contribution in [-0.2, 0) is 27.8 Å². The van der Waals surface area contributed by atoms with Crippen LogP contribution in [0, 0.1) is 0 Å². The van der Waals surface area contributed by atoms with Gasteiger partial charge in [-0.1, -0.05) is 12.1 Å². The summed E-state index contributed by atoms with van der Waals surface area (Å²) in [5.41, 5.74) is 2.43. The molecule has 0 unspecified atom stereocenters. The molecular weight excluding hydrogens is 432 g/mol. The average Bonchev–Trinajstić information content (AvgIpc) is 3.22. The van der Waals surface area contributed by atoms with Crippen LogP contribution in [0.15, 0.2) is 41.6 Å². The molecule has 0 radical (unpaired) electrons. The van der Waals surface area contributed by atoms with E-state index in [4.69, 9.17) is 9.88 Å². The number of aromatic nitrogens is 3. The van der Waals surface area contributed by atoms with Gasteiger partial charge in [0.05, 0.1) is 27.7 Å². The topological polar surface area (TPSA) is 141 Å². The Morgan fingerprint density at radius 2 is 2.06 bits per heavy atom. The third-order valence-corrected chi connectivity index (χ3v) is 6.37. The van der Waals surface area contributed by atoms with Crippen LogP contribution in [-0.4, -0.2) is 48.3 Å². The minimum atomic E-state index is -3.82. The number of benzene rings is 1. The van der Waals surface area contributed by atoms with Gasteiger partial charge in [-0.25, -0.2) is 23.2 Å². The summed E-state index contributed by atoms with van der Waals surface area (Å²) >= 11 is 0. The number of hydrogen-bond donors (Lipinski definition) is 3. The number of fused-ring (bicyclic) bond motifs is 1. The molecule has 1 fully saturated rings. The van der Waals surface area contributed by atoms with E-state index in [-0.39, 0.29) is 23.4 Å². The van der Waals surface area contributed by atoms with Gasteiger partial charge in [-0.15, -0.1) is 0 Å². The highest BCUT2D eigenvalue weighted by Gasteiger charge is 2.22. The number of amides is 1. The number of carbonyl (C=O) groups is 1. The Labute approximate surface area is 186 Å². The number of pyridine rings is 1. The molecule has 0 saturated carbocycles. The summed E-state index contributed by atoms with van der Waals surface area (Å²) in [6.07, 6.45) is 4.95. The molecule has 1 aliphatic heterocycles. The van der Waals surface area contributed by atoms with Crippen LogP contribution in [0.3, 0.4) is 0 Å². The number of carbonyl (C=O) groups excluding carboxylic acids is 1. The number of ether oxygens (including phenoxy) is 1. The number of nitrogens with one attached hydrogen (secondary N) is 2. The highest BCUT2D eigenvalue weighted by Crippen LogP contribution is 2.28. The summed E-state index contributed by atoms with van der Waals surface area (Å²) < 4.78 is 30.4. The fraction of sp³-hybridized carbons (Fsp3) is 0.381. The van der Waals surface area contributed by atoms with Crippen molar-refractivity contribution in [3.63, 3.8) is 0 Å². The molecule has 0 spiro atoms. The van der Waals surface area contributed by atoms with E-state index in [2.05, 4.69) is 20.7 Å². The van der Waals surface area contributed by atoms with Gasteiger partial charge < -0.3 is 15.4 Å². The van der Waals surface area contributed by atoms with E-state index in [1.165, 1.54) is 12.1 Å². The summed E-state index contributed by atoms with van der Waals surface area (Å²) in [6, 6.07) is 6.36. The lowest BCUT2D eigenvalue weighted by atomic mass is 10.1. The number of anilines is 1. The third-order valence-electron chi connectivity index (χ3n) is 5.46. The Bertz CT molecular complexity index is 1230. The molecule has 32 heavy (non-hydrogen) atoms. The molecule has 0 aliphatic carbocycles. The van der Waals surface area contributed by atoms with E-state index >= 15 is 0 Å². The number of nitrogens with two attached hydrogens (primary N) is 1. The summed E-state index contributed by atoms with van der Waals surface area (Å²) in [6.45, 7) is 4.13. The fourth-order valence-corrected chi connectivity index (χ4v) is 4.33. The first-order valence-electron chi connectivity index (χ1n) is 10.5. The predicted molar refractivity (Wildman–Crippen MR) is 120 cm³/mol. The third kappa shape index (κ3) is 4.74. The van der Waals surface area contributed by atoms with E-state index in [9.17, 15) is 13.2 Å². The van der Waals surface area contributed by atoms with E-state index in [1.54, 1.807) is 29.2 Å². The normalized spacial score (nSPS) is 15.1. The number of rotatable bonds is 7. The molecule has 10 nitrogen and oxygen atoms in total. The Morgan fingerprint density at radius 3 is 2.78 bits per heavy atom. The molecule has 170 valence electrons. The first-order valence-corrected chi connectivity index (χ1v) is 12.0. The fourth-order valence-electron chi connectivity index (χ4n) is 3.74. The second kappa shape index (κ2) is 9.23. The minimum Gasteiger partial charge on any atom is -0.381 e. The first kappa shape index (κ1) is 22.2. The van der Waals surface area contributed by atoms with Gasteiger partial charge in [0.1, 0.15) is 0 Å². The summed E-state index contributed by atoms with van der Waals surface area (Å²) in [4.78, 5) is 17.6. The van der Waals surface area contributed by atoms with Gasteiger partial charge in [0, 0.05) is 38.5 Å². The summed E-state index contributed by atoms with van der Waals surface area (Å²) in [5, 5.41) is 16.7. The number of primary sulfonamides is 1. The highest BCUT2D eigenvalue weighted by molar-refractivity contribution is 7.89. The van der Waals surface area contributed by atoms with Gasteiger partial charge in [0.15, 0.2) is 5.65 Å². The maximum atomic E-state index is 13.1. The lowest BCUT2D eigenvalue weighted by Gasteiger charge is -2.25. The zero-order chi connectivity index (χ0) is 22.7. The van der Waals surface area contributed by atoms with Gasteiger partial charge in [0.2, 0.25) is 10.0 Å². The molecule has 1 saturated heterocycles. The largest absolute Gasteiger partial charge is 0.381 e. The van der Waals surface area contributed by atoms with E-state index < -0.39 is 10.0 Å². The Morgan fingerprint density at radius 1 is 1.28 bits per heavy atom. The van der Waals surface area contributed by atoms with Crippen molar-refractivity contribution in [3.8, 4) is 0 Å². The number of nitrogens with zero attached hydrogens (tertiary/aromatic N) is 3. The standard InChI is InChI=1S/C21H26N6O4S/c1-2-27-20-17(13-25-27)19(26-15-6-8-31-9-7-15)18(12-23-20)21(28)24-11-14-4-3-5-16(10-14)32(22,29)30/h3-5,10,12-13,15H,2,6-9,11H2,1H3,(H,23,26)(H,24,28)(H2,22,29,30). The maximum Gasteiger partial charge on any atom is 0.255 e. The van der Waals surface area contributed by atoms with E-state index in [1.807, 2.05) is 6.92 Å². The summed E-state index contributed by atoms with van der Waals surface area (Å²) in [7, 11) is -3.82. The maximum absolute atomic E-state index is 13.1. The highest BCUT2D eigenvalue weighted by atomic mass is 32.2. The van der Waals surface area contributed by atoms with Crippen LogP contribution in [0.1, 0.15) is 35.7 Å². The smallest absolute Gasteiger partial charge is 0.255 e. The van der Waals surface area contributed by atoms with Crippen LogP contribution in [0.25, 0.3) is 11.0 Å². The van der Waals surface area contributed by atoms with Crippen molar-refractivity contribution in [3.05, 3.63) is 47.8 Å². The average molecular weight is 459 g/mol. The zero-order valence-electron chi connectivity index (χ0n) is 17.7. The van der Waals surface area contributed by atoms with Crippen molar-refractivity contribution in [2.45, 2.75) is 43.8 Å². The van der Waals surface area contributed by atoms with Gasteiger partial charge in [-0.05, 0) is 37.5 Å². The van der Waals surface area contributed by atoms with E-state index in [0.717, 1.165) is 18.2 Å². The Balaban J connectivity index is 1.61. The van der Waals surface area contributed by atoms with Crippen molar-refractivity contribution in [1.82, 2.24) is 20.1 Å². The first-order chi connectivity index (χ1) is 15.4. The molecule has 1 aromatic carbocycles. The van der Waals surface area contributed by atoms with Crippen LogP contribution >= 0.6 is 0 Å².